The molecule has 0 aliphatic heterocycles. The molecule has 0 saturated heterocycles. The van der Waals surface area contributed by atoms with Gasteiger partial charge in [0.25, 0.3) is 0 Å². The molecular weight excluding hydrogens is 346 g/mol. The summed E-state index contributed by atoms with van der Waals surface area (Å²) in [6.45, 7) is 1.90. The molecule has 0 aliphatic carbocycles. The molecule has 4 nitrogen and oxygen atoms in total. The highest BCUT2D eigenvalue weighted by Gasteiger charge is 2.13. The van der Waals surface area contributed by atoms with E-state index in [0.717, 1.165) is 33.6 Å². The summed E-state index contributed by atoms with van der Waals surface area (Å²) in [4.78, 5) is 14.0. The molecule has 5 heteroatoms. The van der Waals surface area contributed by atoms with E-state index in [1.807, 2.05) is 61.5 Å². The van der Waals surface area contributed by atoms with E-state index in [-0.39, 0.29) is 0 Å². The zero-order valence-corrected chi connectivity index (χ0v) is 15.2. The van der Waals surface area contributed by atoms with Crippen LogP contribution in [0, 0.1) is 6.92 Å². The van der Waals surface area contributed by atoms with Crippen molar-refractivity contribution >= 4 is 22.5 Å². The van der Waals surface area contributed by atoms with E-state index in [4.69, 9.17) is 26.3 Å². The van der Waals surface area contributed by atoms with Gasteiger partial charge in [0.05, 0.1) is 18.3 Å². The number of aromatic nitrogens is 3. The topological polar surface area (TPSA) is 47.9 Å². The molecule has 0 aliphatic rings. The average molecular weight is 362 g/mol. The van der Waals surface area contributed by atoms with E-state index >= 15 is 0 Å². The Morgan fingerprint density at radius 2 is 1.73 bits per heavy atom. The summed E-state index contributed by atoms with van der Waals surface area (Å²) >= 11 is 6.20. The van der Waals surface area contributed by atoms with Gasteiger partial charge in [0.1, 0.15) is 11.4 Å². The van der Waals surface area contributed by atoms with Crippen LogP contribution in [0.2, 0.25) is 5.02 Å². The predicted molar refractivity (Wildman–Crippen MR) is 105 cm³/mol. The molecule has 2 heterocycles. The van der Waals surface area contributed by atoms with Crippen LogP contribution in [-0.4, -0.2) is 22.1 Å². The van der Waals surface area contributed by atoms with Crippen LogP contribution in [0.25, 0.3) is 33.7 Å². The summed E-state index contributed by atoms with van der Waals surface area (Å²) in [6, 6.07) is 19.4. The Kier molecular flexibility index (Phi) is 4.27. The number of hydrogen-bond donors (Lipinski definition) is 0. The minimum Gasteiger partial charge on any atom is -0.497 e. The van der Waals surface area contributed by atoms with Crippen molar-refractivity contribution in [3.8, 4) is 28.5 Å². The van der Waals surface area contributed by atoms with Crippen LogP contribution in [0.15, 0.2) is 60.7 Å². The standard InChI is InChI=1S/C21H16ClN3O/c1-13-10-15(22)12-19(23-13)21-24-18-9-4-3-8-17(18)20(25-21)14-6-5-7-16(11-14)26-2/h3-12H,1-2H3. The van der Waals surface area contributed by atoms with Crippen LogP contribution in [-0.2, 0) is 0 Å². The molecule has 0 bridgehead atoms. The molecular formula is C21H16ClN3O. The lowest BCUT2D eigenvalue weighted by molar-refractivity contribution is 0.415. The number of ether oxygens (including phenoxy) is 1. The molecule has 4 rings (SSSR count). The number of aryl methyl sites for hydroxylation is 1. The molecule has 0 radical (unpaired) electrons. The van der Waals surface area contributed by atoms with Crippen LogP contribution < -0.4 is 4.74 Å². The summed E-state index contributed by atoms with van der Waals surface area (Å²) in [5, 5.41) is 1.59. The molecule has 0 N–H and O–H groups in total. The number of para-hydroxylation sites is 1. The number of methoxy groups -OCH3 is 1. The van der Waals surface area contributed by atoms with Gasteiger partial charge in [0.15, 0.2) is 5.82 Å². The maximum absolute atomic E-state index is 6.20. The third-order valence-electron chi connectivity index (χ3n) is 4.09. The SMILES string of the molecule is COc1cccc(-c2nc(-c3cc(Cl)cc(C)n3)nc3ccccc23)c1. The van der Waals surface area contributed by atoms with Gasteiger partial charge in [-0.25, -0.2) is 15.0 Å². The lowest BCUT2D eigenvalue weighted by Crippen LogP contribution is -1.98. The number of halogens is 1. The van der Waals surface area contributed by atoms with Crippen molar-refractivity contribution in [3.63, 3.8) is 0 Å². The van der Waals surface area contributed by atoms with Gasteiger partial charge in [-0.1, -0.05) is 41.9 Å². The van der Waals surface area contributed by atoms with Crippen molar-refractivity contribution in [2.75, 3.05) is 7.11 Å². The second-order valence-electron chi connectivity index (χ2n) is 5.96. The van der Waals surface area contributed by atoms with E-state index < -0.39 is 0 Å². The zero-order chi connectivity index (χ0) is 18.1. The van der Waals surface area contributed by atoms with E-state index in [0.29, 0.717) is 16.5 Å². The first-order valence-corrected chi connectivity index (χ1v) is 8.57. The van der Waals surface area contributed by atoms with Crippen LogP contribution in [0.3, 0.4) is 0 Å². The van der Waals surface area contributed by atoms with Crippen LogP contribution >= 0.6 is 11.6 Å². The summed E-state index contributed by atoms with van der Waals surface area (Å²) in [5.74, 6) is 1.33. The molecule has 0 amide bonds. The highest BCUT2D eigenvalue weighted by atomic mass is 35.5. The Morgan fingerprint density at radius 1 is 0.885 bits per heavy atom. The van der Waals surface area contributed by atoms with E-state index in [9.17, 15) is 0 Å². The molecule has 0 spiro atoms. The van der Waals surface area contributed by atoms with E-state index in [1.54, 1.807) is 13.2 Å². The number of rotatable bonds is 3. The van der Waals surface area contributed by atoms with Crippen LogP contribution in [0.1, 0.15) is 5.69 Å². The second kappa shape index (κ2) is 6.73. The Labute approximate surface area is 156 Å². The van der Waals surface area contributed by atoms with Gasteiger partial charge >= 0.3 is 0 Å². The van der Waals surface area contributed by atoms with Gasteiger partial charge < -0.3 is 4.74 Å². The first-order valence-electron chi connectivity index (χ1n) is 8.20. The molecule has 128 valence electrons. The molecule has 2 aromatic heterocycles. The number of nitrogens with zero attached hydrogens (tertiary/aromatic N) is 3. The fourth-order valence-corrected chi connectivity index (χ4v) is 3.18. The molecule has 2 aromatic carbocycles. The minimum absolute atomic E-state index is 0.548. The van der Waals surface area contributed by atoms with Gasteiger partial charge in [-0.2, -0.15) is 0 Å². The maximum Gasteiger partial charge on any atom is 0.179 e. The number of fused-ring (bicyclic) bond motifs is 1. The fourth-order valence-electron chi connectivity index (χ4n) is 2.92. The Morgan fingerprint density at radius 3 is 2.54 bits per heavy atom. The maximum atomic E-state index is 6.20. The molecule has 0 unspecified atom stereocenters. The lowest BCUT2D eigenvalue weighted by atomic mass is 10.1. The summed E-state index contributed by atoms with van der Waals surface area (Å²) in [5.41, 5.74) is 4.14. The zero-order valence-electron chi connectivity index (χ0n) is 14.4. The van der Waals surface area contributed by atoms with Gasteiger partial charge in [-0.15, -0.1) is 0 Å². The third-order valence-corrected chi connectivity index (χ3v) is 4.31. The van der Waals surface area contributed by atoms with E-state index in [2.05, 4.69) is 4.98 Å². The largest absolute Gasteiger partial charge is 0.497 e. The highest BCUT2D eigenvalue weighted by Crippen LogP contribution is 2.31. The van der Waals surface area contributed by atoms with E-state index in [1.165, 1.54) is 0 Å². The number of hydrogen-bond acceptors (Lipinski definition) is 4. The third kappa shape index (κ3) is 3.11. The Hall–Kier alpha value is -2.98. The molecule has 0 fully saturated rings. The Bertz CT molecular complexity index is 1090. The van der Waals surface area contributed by atoms with Gasteiger partial charge in [0.2, 0.25) is 0 Å². The molecule has 26 heavy (non-hydrogen) atoms. The molecule has 0 saturated carbocycles. The monoisotopic (exact) mass is 361 g/mol. The van der Waals surface area contributed by atoms with Gasteiger partial charge in [-0.3, -0.25) is 0 Å². The predicted octanol–water partition coefficient (Wildman–Crippen LogP) is 5.33. The van der Waals surface area contributed by atoms with Crippen molar-refractivity contribution < 1.29 is 4.74 Å². The molecule has 4 aromatic rings. The van der Waals surface area contributed by atoms with Crippen molar-refractivity contribution in [1.82, 2.24) is 15.0 Å². The second-order valence-corrected chi connectivity index (χ2v) is 6.39. The van der Waals surface area contributed by atoms with Crippen LogP contribution in [0.5, 0.6) is 5.75 Å². The Balaban J connectivity index is 1.99. The first-order chi connectivity index (χ1) is 12.6. The number of pyridine rings is 1. The van der Waals surface area contributed by atoms with Gasteiger partial charge in [0, 0.05) is 21.7 Å². The smallest absolute Gasteiger partial charge is 0.179 e. The van der Waals surface area contributed by atoms with Crippen molar-refractivity contribution in [3.05, 3.63) is 71.4 Å². The summed E-state index contributed by atoms with van der Waals surface area (Å²) in [6.07, 6.45) is 0. The number of benzene rings is 2. The lowest BCUT2D eigenvalue weighted by Gasteiger charge is -2.10. The summed E-state index contributed by atoms with van der Waals surface area (Å²) in [7, 11) is 1.65. The fraction of sp³-hybridized carbons (Fsp3) is 0.0952. The van der Waals surface area contributed by atoms with Crippen LogP contribution in [0.4, 0.5) is 0 Å². The average Bonchev–Trinajstić information content (AvgIpc) is 2.66. The normalized spacial score (nSPS) is 10.9. The highest BCUT2D eigenvalue weighted by molar-refractivity contribution is 6.30. The van der Waals surface area contributed by atoms with Crippen molar-refractivity contribution in [2.45, 2.75) is 6.92 Å². The molecule has 0 atom stereocenters. The van der Waals surface area contributed by atoms with Crippen molar-refractivity contribution in [2.24, 2.45) is 0 Å². The van der Waals surface area contributed by atoms with Gasteiger partial charge in [-0.05, 0) is 37.3 Å². The summed E-state index contributed by atoms with van der Waals surface area (Å²) < 4.78 is 5.36. The van der Waals surface area contributed by atoms with Crippen molar-refractivity contribution in [1.29, 1.82) is 0 Å². The quantitative estimate of drug-likeness (QED) is 0.495. The first kappa shape index (κ1) is 16.5. The minimum atomic E-state index is 0.548.